The number of nitrogens with one attached hydrogen (secondary N) is 2. The molecule has 5 rings (SSSR count). The summed E-state index contributed by atoms with van der Waals surface area (Å²) in [7, 11) is -3.62. The van der Waals surface area contributed by atoms with Crippen LogP contribution >= 0.6 is 0 Å². The second-order valence-corrected chi connectivity index (χ2v) is 9.99. The van der Waals surface area contributed by atoms with Crippen molar-refractivity contribution < 1.29 is 13.2 Å². The number of aryl methyl sites for hydroxylation is 1. The van der Waals surface area contributed by atoms with E-state index in [2.05, 4.69) is 15.3 Å². The number of imidazole rings is 1. The van der Waals surface area contributed by atoms with Gasteiger partial charge in [-0.15, -0.1) is 0 Å². The van der Waals surface area contributed by atoms with Crippen LogP contribution in [0.15, 0.2) is 83.9 Å². The number of rotatable bonds is 6. The van der Waals surface area contributed by atoms with Crippen molar-refractivity contribution in [2.75, 3.05) is 5.32 Å². The number of fused-ring (bicyclic) bond motifs is 2. The molecule has 0 unspecified atom stereocenters. The summed E-state index contributed by atoms with van der Waals surface area (Å²) in [5, 5.41) is 3.36. The number of amides is 1. The highest BCUT2D eigenvalue weighted by atomic mass is 32.2. The SMILES string of the molecule is Cc1ccc(CS(=O)(=O)c2cn(CC(=O)Nc3nc4ccccc4[nH]3)c3ccccc23)cc1. The zero-order valence-corrected chi connectivity index (χ0v) is 18.8. The molecule has 8 heteroatoms. The van der Waals surface area contributed by atoms with E-state index in [1.807, 2.05) is 67.6 Å². The quantitative estimate of drug-likeness (QED) is 0.393. The van der Waals surface area contributed by atoms with Crippen molar-refractivity contribution in [1.29, 1.82) is 0 Å². The number of carbonyl (C=O) groups is 1. The van der Waals surface area contributed by atoms with E-state index >= 15 is 0 Å². The van der Waals surface area contributed by atoms with Gasteiger partial charge in [-0.2, -0.15) is 0 Å². The van der Waals surface area contributed by atoms with Crippen LogP contribution in [0, 0.1) is 6.92 Å². The largest absolute Gasteiger partial charge is 0.337 e. The standard InChI is InChI=1S/C25H22N4O3S/c1-17-10-12-18(13-11-17)16-33(31,32)23-14-29(22-9-5-2-6-19(22)23)15-24(30)28-25-26-20-7-3-4-8-21(20)27-25/h2-14H,15-16H2,1H3,(H2,26,27,28,30). The Kier molecular flexibility index (Phi) is 5.22. The second kappa shape index (κ2) is 8.22. The maximum Gasteiger partial charge on any atom is 0.246 e. The minimum absolute atomic E-state index is 0.0440. The fourth-order valence-corrected chi connectivity index (χ4v) is 5.49. The maximum atomic E-state index is 13.3. The number of carbonyl (C=O) groups excluding carboxylic acids is 1. The van der Waals surface area contributed by atoms with E-state index in [4.69, 9.17) is 0 Å². The Hall–Kier alpha value is -3.91. The second-order valence-electron chi connectivity index (χ2n) is 8.03. The van der Waals surface area contributed by atoms with E-state index in [9.17, 15) is 13.2 Å². The number of anilines is 1. The Morgan fingerprint density at radius 1 is 1.00 bits per heavy atom. The van der Waals surface area contributed by atoms with Crippen LogP contribution in [0.4, 0.5) is 5.95 Å². The monoisotopic (exact) mass is 458 g/mol. The molecule has 7 nitrogen and oxygen atoms in total. The van der Waals surface area contributed by atoms with Gasteiger partial charge in [0.05, 0.1) is 21.7 Å². The molecular weight excluding hydrogens is 436 g/mol. The Morgan fingerprint density at radius 2 is 1.73 bits per heavy atom. The molecule has 0 saturated carbocycles. The number of nitrogens with zero attached hydrogens (tertiary/aromatic N) is 2. The van der Waals surface area contributed by atoms with Crippen molar-refractivity contribution in [1.82, 2.24) is 14.5 Å². The van der Waals surface area contributed by atoms with Crippen molar-refractivity contribution >= 4 is 43.6 Å². The molecule has 33 heavy (non-hydrogen) atoms. The molecule has 166 valence electrons. The fraction of sp³-hybridized carbons (Fsp3) is 0.120. The first kappa shape index (κ1) is 21.0. The van der Waals surface area contributed by atoms with Crippen LogP contribution in [0.1, 0.15) is 11.1 Å². The van der Waals surface area contributed by atoms with Gasteiger partial charge in [0.2, 0.25) is 11.9 Å². The Labute approximate surface area is 191 Å². The first-order chi connectivity index (χ1) is 15.9. The van der Waals surface area contributed by atoms with E-state index < -0.39 is 9.84 Å². The summed E-state index contributed by atoms with van der Waals surface area (Å²) in [6.07, 6.45) is 1.55. The average Bonchev–Trinajstić information content (AvgIpc) is 3.36. The van der Waals surface area contributed by atoms with Crippen LogP contribution in [-0.4, -0.2) is 28.9 Å². The Morgan fingerprint density at radius 3 is 2.52 bits per heavy atom. The molecule has 0 spiro atoms. The molecule has 0 radical (unpaired) electrons. The summed E-state index contributed by atoms with van der Waals surface area (Å²) in [5.41, 5.74) is 4.05. The molecule has 5 aromatic rings. The highest BCUT2D eigenvalue weighted by Crippen LogP contribution is 2.28. The smallest absolute Gasteiger partial charge is 0.246 e. The number of sulfone groups is 1. The lowest BCUT2D eigenvalue weighted by Gasteiger charge is -2.05. The summed E-state index contributed by atoms with van der Waals surface area (Å²) in [5.74, 6) is -0.0610. The van der Waals surface area contributed by atoms with E-state index in [0.29, 0.717) is 16.9 Å². The molecule has 2 heterocycles. The van der Waals surface area contributed by atoms with Crippen LogP contribution in [0.2, 0.25) is 0 Å². The first-order valence-electron chi connectivity index (χ1n) is 10.5. The molecule has 0 saturated heterocycles. The molecule has 3 aromatic carbocycles. The van der Waals surface area contributed by atoms with Gasteiger partial charge in [0, 0.05) is 17.1 Å². The number of aromatic amines is 1. The normalized spacial score (nSPS) is 11.8. The van der Waals surface area contributed by atoms with Crippen molar-refractivity contribution in [3.63, 3.8) is 0 Å². The number of H-pyrrole nitrogens is 1. The molecule has 0 atom stereocenters. The van der Waals surface area contributed by atoms with Crippen molar-refractivity contribution in [2.24, 2.45) is 0 Å². The molecule has 1 amide bonds. The molecule has 0 fully saturated rings. The zero-order chi connectivity index (χ0) is 23.0. The van der Waals surface area contributed by atoms with Crippen LogP contribution < -0.4 is 5.32 Å². The third-order valence-corrected chi connectivity index (χ3v) is 7.23. The number of hydrogen-bond acceptors (Lipinski definition) is 4. The van der Waals surface area contributed by atoms with Gasteiger partial charge in [-0.25, -0.2) is 13.4 Å². The third kappa shape index (κ3) is 4.25. The van der Waals surface area contributed by atoms with Gasteiger partial charge in [-0.3, -0.25) is 10.1 Å². The average molecular weight is 459 g/mol. The molecule has 2 aromatic heterocycles. The van der Waals surface area contributed by atoms with Crippen molar-refractivity contribution in [3.8, 4) is 0 Å². The van der Waals surface area contributed by atoms with Crippen LogP contribution in [-0.2, 0) is 26.9 Å². The third-order valence-electron chi connectivity index (χ3n) is 5.53. The van der Waals surface area contributed by atoms with Crippen LogP contribution in [0.25, 0.3) is 21.9 Å². The van der Waals surface area contributed by atoms with E-state index in [1.165, 1.54) is 0 Å². The molecular formula is C25H22N4O3S. The minimum atomic E-state index is -3.62. The van der Waals surface area contributed by atoms with E-state index in [1.54, 1.807) is 22.9 Å². The van der Waals surface area contributed by atoms with Gasteiger partial charge in [0.15, 0.2) is 9.84 Å². The van der Waals surface area contributed by atoms with Crippen molar-refractivity contribution in [3.05, 3.63) is 90.1 Å². The Balaban J connectivity index is 1.43. The maximum absolute atomic E-state index is 13.3. The van der Waals surface area contributed by atoms with Gasteiger partial charge in [-0.05, 0) is 30.7 Å². The summed E-state index contributed by atoms with van der Waals surface area (Å²) in [4.78, 5) is 20.4. The molecule has 0 aliphatic carbocycles. The summed E-state index contributed by atoms with van der Waals surface area (Å²) in [6.45, 7) is 1.92. The first-order valence-corrected chi connectivity index (χ1v) is 12.1. The van der Waals surface area contributed by atoms with Crippen LogP contribution in [0.3, 0.4) is 0 Å². The molecule has 2 N–H and O–H groups in total. The van der Waals surface area contributed by atoms with Crippen molar-refractivity contribution in [2.45, 2.75) is 24.1 Å². The predicted molar refractivity (Wildman–Crippen MR) is 129 cm³/mol. The molecule has 0 aliphatic rings. The lowest BCUT2D eigenvalue weighted by molar-refractivity contribution is -0.116. The van der Waals surface area contributed by atoms with Gasteiger partial charge in [0.1, 0.15) is 6.54 Å². The number of hydrogen-bond donors (Lipinski definition) is 2. The summed E-state index contributed by atoms with van der Waals surface area (Å²) >= 11 is 0. The topological polar surface area (TPSA) is 96.8 Å². The summed E-state index contributed by atoms with van der Waals surface area (Å²) in [6, 6.07) is 22.1. The fourth-order valence-electron chi connectivity index (χ4n) is 3.91. The van der Waals surface area contributed by atoms with Gasteiger partial charge < -0.3 is 9.55 Å². The molecule has 0 bridgehead atoms. The number of para-hydroxylation sites is 3. The van der Waals surface area contributed by atoms with Gasteiger partial charge in [0.25, 0.3) is 0 Å². The van der Waals surface area contributed by atoms with Crippen LogP contribution in [0.5, 0.6) is 0 Å². The van der Waals surface area contributed by atoms with Gasteiger partial charge in [-0.1, -0.05) is 60.2 Å². The predicted octanol–water partition coefficient (Wildman–Crippen LogP) is 4.44. The van der Waals surface area contributed by atoms with E-state index in [-0.39, 0.29) is 23.1 Å². The zero-order valence-electron chi connectivity index (χ0n) is 17.9. The lowest BCUT2D eigenvalue weighted by atomic mass is 10.2. The van der Waals surface area contributed by atoms with Gasteiger partial charge >= 0.3 is 0 Å². The van der Waals surface area contributed by atoms with E-state index in [0.717, 1.165) is 22.2 Å². The number of aromatic nitrogens is 3. The molecule has 0 aliphatic heterocycles. The highest BCUT2D eigenvalue weighted by molar-refractivity contribution is 7.90. The highest BCUT2D eigenvalue weighted by Gasteiger charge is 2.22. The number of benzene rings is 3. The lowest BCUT2D eigenvalue weighted by Crippen LogP contribution is -2.19. The minimum Gasteiger partial charge on any atom is -0.337 e. The Bertz CT molecular complexity index is 1550. The summed E-state index contributed by atoms with van der Waals surface area (Å²) < 4.78 is 28.2.